The molecule has 0 aromatic heterocycles. The highest BCUT2D eigenvalue weighted by molar-refractivity contribution is 9.10. The summed E-state index contributed by atoms with van der Waals surface area (Å²) in [6.07, 6.45) is 0.822. The second-order valence-corrected chi connectivity index (χ2v) is 6.13. The predicted molar refractivity (Wildman–Crippen MR) is 95.3 cm³/mol. The Kier molecular flexibility index (Phi) is 6.31. The molecule has 6 nitrogen and oxygen atoms in total. The van der Waals surface area contributed by atoms with Crippen LogP contribution in [0.2, 0.25) is 0 Å². The van der Waals surface area contributed by atoms with Gasteiger partial charge in [-0.2, -0.15) is 0 Å². The number of hydrogen-bond acceptors (Lipinski definition) is 4. The van der Waals surface area contributed by atoms with E-state index >= 15 is 0 Å². The third kappa shape index (κ3) is 5.34. The topological polar surface area (TPSA) is 81.5 Å². The van der Waals surface area contributed by atoms with Gasteiger partial charge in [0, 0.05) is 23.0 Å². The van der Waals surface area contributed by atoms with Gasteiger partial charge in [-0.05, 0) is 37.1 Å². The van der Waals surface area contributed by atoms with E-state index in [0.29, 0.717) is 18.7 Å². The van der Waals surface area contributed by atoms with Crippen molar-refractivity contribution in [3.63, 3.8) is 0 Å². The van der Waals surface area contributed by atoms with Gasteiger partial charge in [-0.3, -0.25) is 14.9 Å². The Bertz CT molecular complexity index is 749. The molecule has 0 fully saturated rings. The monoisotopic (exact) mass is 392 g/mol. The first kappa shape index (κ1) is 17.9. The summed E-state index contributed by atoms with van der Waals surface area (Å²) in [5.74, 6) is 0.538. The van der Waals surface area contributed by atoms with Crippen LogP contribution >= 0.6 is 15.9 Å². The zero-order valence-corrected chi connectivity index (χ0v) is 14.7. The van der Waals surface area contributed by atoms with E-state index in [1.807, 2.05) is 24.3 Å². The van der Waals surface area contributed by atoms with Crippen molar-refractivity contribution in [2.24, 2.45) is 0 Å². The van der Waals surface area contributed by atoms with Gasteiger partial charge in [0.2, 0.25) is 5.91 Å². The van der Waals surface area contributed by atoms with Crippen LogP contribution in [0.4, 0.5) is 11.4 Å². The molecule has 0 aliphatic rings. The molecule has 0 bridgehead atoms. The van der Waals surface area contributed by atoms with Crippen LogP contribution in [-0.2, 0) is 4.79 Å². The SMILES string of the molecule is Cc1ccc([N+](=O)[O-])cc1NC(=O)CCCOc1cccc(Br)c1. The fraction of sp³-hybridized carbons (Fsp3) is 0.235. The number of benzene rings is 2. The molecule has 0 saturated carbocycles. The van der Waals surface area contributed by atoms with Gasteiger partial charge in [0.15, 0.2) is 0 Å². The smallest absolute Gasteiger partial charge is 0.271 e. The summed E-state index contributed by atoms with van der Waals surface area (Å²) in [7, 11) is 0. The van der Waals surface area contributed by atoms with E-state index in [0.717, 1.165) is 15.8 Å². The average Bonchev–Trinajstić information content (AvgIpc) is 2.53. The number of anilines is 1. The maximum absolute atomic E-state index is 12.0. The first-order chi connectivity index (χ1) is 11.5. The van der Waals surface area contributed by atoms with Crippen LogP contribution in [0.25, 0.3) is 0 Å². The van der Waals surface area contributed by atoms with E-state index in [9.17, 15) is 14.9 Å². The van der Waals surface area contributed by atoms with Crippen molar-refractivity contribution in [2.45, 2.75) is 19.8 Å². The second-order valence-electron chi connectivity index (χ2n) is 5.21. The number of carbonyl (C=O) groups excluding carboxylic acids is 1. The minimum absolute atomic E-state index is 0.0473. The summed E-state index contributed by atoms with van der Waals surface area (Å²) in [5, 5.41) is 13.5. The van der Waals surface area contributed by atoms with Crippen LogP contribution in [0.3, 0.4) is 0 Å². The number of ether oxygens (including phenoxy) is 1. The number of halogens is 1. The third-order valence-electron chi connectivity index (χ3n) is 3.32. The van der Waals surface area contributed by atoms with Crippen LogP contribution in [0.1, 0.15) is 18.4 Å². The molecule has 0 saturated heterocycles. The number of hydrogen-bond donors (Lipinski definition) is 1. The van der Waals surface area contributed by atoms with Crippen LogP contribution in [-0.4, -0.2) is 17.4 Å². The highest BCUT2D eigenvalue weighted by atomic mass is 79.9. The number of carbonyl (C=O) groups is 1. The number of rotatable bonds is 7. The quantitative estimate of drug-likeness (QED) is 0.428. The van der Waals surface area contributed by atoms with E-state index in [1.165, 1.54) is 12.1 Å². The molecule has 1 amide bonds. The van der Waals surface area contributed by atoms with Crippen LogP contribution in [0.15, 0.2) is 46.9 Å². The summed E-state index contributed by atoms with van der Waals surface area (Å²) in [6.45, 7) is 2.20. The highest BCUT2D eigenvalue weighted by Crippen LogP contribution is 2.22. The normalized spacial score (nSPS) is 10.2. The van der Waals surface area contributed by atoms with Gasteiger partial charge in [-0.25, -0.2) is 0 Å². The van der Waals surface area contributed by atoms with Gasteiger partial charge < -0.3 is 10.1 Å². The van der Waals surface area contributed by atoms with Gasteiger partial charge in [0.1, 0.15) is 5.75 Å². The molecule has 0 aliphatic heterocycles. The minimum Gasteiger partial charge on any atom is -0.494 e. The number of nitro benzene ring substituents is 1. The molecule has 0 unspecified atom stereocenters. The molecule has 7 heteroatoms. The number of non-ortho nitro benzene ring substituents is 1. The maximum Gasteiger partial charge on any atom is 0.271 e. The Morgan fingerprint density at radius 1 is 1.29 bits per heavy atom. The molecular formula is C17H17BrN2O4. The van der Waals surface area contributed by atoms with Gasteiger partial charge in [0.25, 0.3) is 5.69 Å². The Labute approximate surface area is 148 Å². The largest absolute Gasteiger partial charge is 0.494 e. The van der Waals surface area contributed by atoms with Crippen molar-refractivity contribution in [2.75, 3.05) is 11.9 Å². The number of nitrogens with one attached hydrogen (secondary N) is 1. The lowest BCUT2D eigenvalue weighted by Crippen LogP contribution is -2.13. The van der Waals surface area contributed by atoms with E-state index < -0.39 is 4.92 Å². The lowest BCUT2D eigenvalue weighted by atomic mass is 10.1. The summed E-state index contributed by atoms with van der Waals surface area (Å²) in [4.78, 5) is 22.3. The molecule has 0 aliphatic carbocycles. The first-order valence-electron chi connectivity index (χ1n) is 7.39. The lowest BCUT2D eigenvalue weighted by molar-refractivity contribution is -0.384. The Morgan fingerprint density at radius 3 is 2.79 bits per heavy atom. The van der Waals surface area contributed by atoms with Gasteiger partial charge in [-0.1, -0.05) is 28.1 Å². The van der Waals surface area contributed by atoms with Crippen LogP contribution < -0.4 is 10.1 Å². The van der Waals surface area contributed by atoms with Gasteiger partial charge in [0.05, 0.1) is 17.2 Å². The summed E-state index contributed by atoms with van der Waals surface area (Å²) in [6, 6.07) is 11.9. The molecule has 2 rings (SSSR count). The number of nitro groups is 1. The van der Waals surface area contributed by atoms with Gasteiger partial charge in [-0.15, -0.1) is 0 Å². The lowest BCUT2D eigenvalue weighted by Gasteiger charge is -2.09. The Morgan fingerprint density at radius 2 is 2.08 bits per heavy atom. The molecule has 2 aromatic rings. The van der Waals surface area contributed by atoms with Crippen molar-refractivity contribution < 1.29 is 14.5 Å². The Hall–Kier alpha value is -2.41. The molecule has 24 heavy (non-hydrogen) atoms. The van der Waals surface area contributed by atoms with E-state index in [2.05, 4.69) is 21.2 Å². The van der Waals surface area contributed by atoms with E-state index in [1.54, 1.807) is 13.0 Å². The van der Waals surface area contributed by atoms with E-state index in [-0.39, 0.29) is 18.0 Å². The molecule has 0 atom stereocenters. The molecule has 0 spiro atoms. The van der Waals surface area contributed by atoms with Crippen molar-refractivity contribution in [3.05, 3.63) is 62.6 Å². The van der Waals surface area contributed by atoms with Gasteiger partial charge >= 0.3 is 0 Å². The molecule has 126 valence electrons. The Balaban J connectivity index is 1.81. The zero-order chi connectivity index (χ0) is 17.5. The van der Waals surface area contributed by atoms with Crippen LogP contribution in [0.5, 0.6) is 5.75 Å². The molecule has 1 N–H and O–H groups in total. The summed E-state index contributed by atoms with van der Waals surface area (Å²) in [5.41, 5.74) is 1.19. The molecule has 0 heterocycles. The zero-order valence-electron chi connectivity index (χ0n) is 13.1. The van der Waals surface area contributed by atoms with Crippen molar-refractivity contribution in [3.8, 4) is 5.75 Å². The first-order valence-corrected chi connectivity index (χ1v) is 8.18. The standard InChI is InChI=1S/C17H17BrN2O4/c1-12-7-8-14(20(22)23)11-16(12)19-17(21)6-3-9-24-15-5-2-4-13(18)10-15/h2,4-5,7-8,10-11H,3,6,9H2,1H3,(H,19,21). The fourth-order valence-corrected chi connectivity index (χ4v) is 2.43. The maximum atomic E-state index is 12.0. The number of aryl methyl sites for hydroxylation is 1. The molecule has 0 radical (unpaired) electrons. The van der Waals surface area contributed by atoms with Crippen molar-refractivity contribution >= 4 is 33.2 Å². The average molecular weight is 393 g/mol. The summed E-state index contributed by atoms with van der Waals surface area (Å²) >= 11 is 3.36. The van der Waals surface area contributed by atoms with E-state index in [4.69, 9.17) is 4.74 Å². The minimum atomic E-state index is -0.485. The highest BCUT2D eigenvalue weighted by Gasteiger charge is 2.11. The fourth-order valence-electron chi connectivity index (χ4n) is 2.05. The molecular weight excluding hydrogens is 376 g/mol. The van der Waals surface area contributed by atoms with Crippen molar-refractivity contribution in [1.29, 1.82) is 0 Å². The second kappa shape index (κ2) is 8.44. The van der Waals surface area contributed by atoms with Crippen molar-refractivity contribution in [1.82, 2.24) is 0 Å². The summed E-state index contributed by atoms with van der Waals surface area (Å²) < 4.78 is 6.49. The molecule has 2 aromatic carbocycles. The number of amides is 1. The predicted octanol–water partition coefficient (Wildman–Crippen LogP) is 4.46. The third-order valence-corrected chi connectivity index (χ3v) is 3.81. The number of nitrogens with zero attached hydrogens (tertiary/aromatic N) is 1. The van der Waals surface area contributed by atoms with Crippen LogP contribution in [0, 0.1) is 17.0 Å².